The van der Waals surface area contributed by atoms with E-state index in [0.717, 1.165) is 42.3 Å². The van der Waals surface area contributed by atoms with Crippen molar-refractivity contribution in [2.24, 2.45) is 0 Å². The van der Waals surface area contributed by atoms with Crippen LogP contribution in [-0.4, -0.2) is 35.3 Å². The second-order valence-corrected chi connectivity index (χ2v) is 7.71. The van der Waals surface area contributed by atoms with Crippen LogP contribution in [0.25, 0.3) is 10.9 Å². The molecule has 0 radical (unpaired) electrons. The lowest BCUT2D eigenvalue weighted by molar-refractivity contribution is -0.136. The number of nitrogens with one attached hydrogen (secondary N) is 2. The van der Waals surface area contributed by atoms with Crippen molar-refractivity contribution in [2.45, 2.75) is 38.1 Å². The van der Waals surface area contributed by atoms with Crippen LogP contribution in [0.4, 0.5) is 8.78 Å². The van der Waals surface area contributed by atoms with Crippen molar-refractivity contribution in [1.29, 1.82) is 0 Å². The number of halogens is 2. The lowest BCUT2D eigenvalue weighted by atomic mass is 9.95. The Bertz CT molecular complexity index is 1060. The fourth-order valence-electron chi connectivity index (χ4n) is 4.07. The number of aryl methyl sites for hydroxylation is 1. The Kier molecular flexibility index (Phi) is 5.99. The largest absolute Gasteiger partial charge is 0.489 e. The maximum absolute atomic E-state index is 14.0. The molecule has 2 aromatic carbocycles. The van der Waals surface area contributed by atoms with E-state index in [1.165, 1.54) is 18.2 Å². The quantitative estimate of drug-likeness (QED) is 0.488. The summed E-state index contributed by atoms with van der Waals surface area (Å²) in [7, 11) is 0. The van der Waals surface area contributed by atoms with Gasteiger partial charge >= 0.3 is 5.97 Å². The Labute approximate surface area is 173 Å². The van der Waals surface area contributed by atoms with E-state index in [2.05, 4.69) is 10.3 Å². The maximum atomic E-state index is 14.0. The standard InChI is InChI=1S/C23H24F2N2O3/c24-16-5-7-21-18(10-16)15(12-27-21)3-1-2-8-26-17-11-19-14(9-22(28)29)4-6-20(25)23(19)30-13-17/h4-7,10,12,17,26-27H,1-3,8-9,11,13H2,(H,28,29)/t17-/m0/s1. The molecule has 0 saturated heterocycles. The molecule has 0 bridgehead atoms. The number of aromatic nitrogens is 1. The van der Waals surface area contributed by atoms with E-state index >= 15 is 0 Å². The summed E-state index contributed by atoms with van der Waals surface area (Å²) < 4.78 is 33.1. The van der Waals surface area contributed by atoms with E-state index in [1.54, 1.807) is 12.1 Å². The molecule has 7 heteroatoms. The van der Waals surface area contributed by atoms with Gasteiger partial charge in [-0.3, -0.25) is 4.79 Å². The third-order valence-corrected chi connectivity index (χ3v) is 5.57. The lowest BCUT2D eigenvalue weighted by Gasteiger charge is -2.28. The number of H-pyrrole nitrogens is 1. The molecule has 3 aromatic rings. The van der Waals surface area contributed by atoms with Crippen LogP contribution in [0.1, 0.15) is 29.5 Å². The van der Waals surface area contributed by atoms with Crippen molar-refractivity contribution >= 4 is 16.9 Å². The number of benzene rings is 2. The number of aromatic amines is 1. The zero-order valence-corrected chi connectivity index (χ0v) is 16.5. The highest BCUT2D eigenvalue weighted by Crippen LogP contribution is 2.31. The molecule has 0 fully saturated rings. The second kappa shape index (κ2) is 8.83. The number of hydrogen-bond acceptors (Lipinski definition) is 3. The highest BCUT2D eigenvalue weighted by molar-refractivity contribution is 5.83. The topological polar surface area (TPSA) is 74.4 Å². The molecule has 1 aliphatic rings. The SMILES string of the molecule is O=C(O)Cc1ccc(F)c2c1C[C@H](NCCCCc1c[nH]c3ccc(F)cc13)CO2. The summed E-state index contributed by atoms with van der Waals surface area (Å²) in [5, 5.41) is 13.4. The van der Waals surface area contributed by atoms with Crippen LogP contribution in [0.5, 0.6) is 5.75 Å². The molecule has 4 rings (SSSR count). The third kappa shape index (κ3) is 4.46. The minimum atomic E-state index is -0.948. The van der Waals surface area contributed by atoms with Crippen molar-refractivity contribution in [3.8, 4) is 5.75 Å². The van der Waals surface area contributed by atoms with Crippen molar-refractivity contribution in [2.75, 3.05) is 13.2 Å². The van der Waals surface area contributed by atoms with Gasteiger partial charge in [-0.2, -0.15) is 0 Å². The number of ether oxygens (including phenoxy) is 1. The van der Waals surface area contributed by atoms with Gasteiger partial charge in [0.25, 0.3) is 0 Å². The van der Waals surface area contributed by atoms with Crippen molar-refractivity contribution < 1.29 is 23.4 Å². The summed E-state index contributed by atoms with van der Waals surface area (Å²) in [6.45, 7) is 1.12. The van der Waals surface area contributed by atoms with Crippen LogP contribution in [0, 0.1) is 11.6 Å². The van der Waals surface area contributed by atoms with Crippen LogP contribution >= 0.6 is 0 Å². The number of unbranched alkanes of at least 4 members (excludes halogenated alkanes) is 1. The summed E-state index contributed by atoms with van der Waals surface area (Å²) in [6, 6.07) is 7.56. The zero-order chi connectivity index (χ0) is 21.1. The van der Waals surface area contributed by atoms with E-state index in [4.69, 9.17) is 9.84 Å². The van der Waals surface area contributed by atoms with Crippen molar-refractivity contribution in [3.05, 3.63) is 64.9 Å². The van der Waals surface area contributed by atoms with Gasteiger partial charge in [-0.05, 0) is 67.6 Å². The van der Waals surface area contributed by atoms with Crippen molar-refractivity contribution in [1.82, 2.24) is 10.3 Å². The molecule has 5 nitrogen and oxygen atoms in total. The van der Waals surface area contributed by atoms with Gasteiger partial charge in [-0.25, -0.2) is 8.78 Å². The summed E-state index contributed by atoms with van der Waals surface area (Å²) in [6.07, 6.45) is 5.04. The highest BCUT2D eigenvalue weighted by atomic mass is 19.1. The van der Waals surface area contributed by atoms with Gasteiger partial charge < -0.3 is 20.1 Å². The molecular formula is C23H24F2N2O3. The molecule has 0 saturated carbocycles. The smallest absolute Gasteiger partial charge is 0.307 e. The minimum absolute atomic E-state index is 0.00836. The molecule has 0 spiro atoms. The average molecular weight is 414 g/mol. The predicted molar refractivity (Wildman–Crippen MR) is 110 cm³/mol. The van der Waals surface area contributed by atoms with Gasteiger partial charge in [-0.1, -0.05) is 6.07 Å². The summed E-state index contributed by atoms with van der Waals surface area (Å²) >= 11 is 0. The Hall–Kier alpha value is -2.93. The fraction of sp³-hybridized carbons (Fsp3) is 0.348. The number of fused-ring (bicyclic) bond motifs is 2. The van der Waals surface area contributed by atoms with Crippen molar-refractivity contribution in [3.63, 3.8) is 0 Å². The highest BCUT2D eigenvalue weighted by Gasteiger charge is 2.25. The van der Waals surface area contributed by atoms with Crippen LogP contribution in [0.15, 0.2) is 36.5 Å². The Morgan fingerprint density at radius 3 is 2.90 bits per heavy atom. The van der Waals surface area contributed by atoms with Gasteiger partial charge in [0.05, 0.1) is 6.42 Å². The van der Waals surface area contributed by atoms with Gasteiger partial charge in [0.2, 0.25) is 0 Å². The Morgan fingerprint density at radius 2 is 2.07 bits per heavy atom. The molecule has 0 unspecified atom stereocenters. The predicted octanol–water partition coefficient (Wildman–Crippen LogP) is 3.99. The summed E-state index contributed by atoms with van der Waals surface area (Å²) in [5.74, 6) is -1.46. The van der Waals surface area contributed by atoms with E-state index in [0.29, 0.717) is 24.2 Å². The molecule has 158 valence electrons. The van der Waals surface area contributed by atoms with Crippen LogP contribution in [0.2, 0.25) is 0 Å². The maximum Gasteiger partial charge on any atom is 0.307 e. The fourth-order valence-corrected chi connectivity index (χ4v) is 4.07. The average Bonchev–Trinajstić information content (AvgIpc) is 3.12. The van der Waals surface area contributed by atoms with E-state index in [9.17, 15) is 13.6 Å². The van der Waals surface area contributed by atoms with Gasteiger partial charge in [0, 0.05) is 28.7 Å². The molecule has 1 aliphatic heterocycles. The summed E-state index contributed by atoms with van der Waals surface area (Å²) in [5.41, 5.74) is 3.28. The van der Waals surface area contributed by atoms with Crippen LogP contribution in [0.3, 0.4) is 0 Å². The number of aliphatic carboxylic acids is 1. The number of carboxylic acids is 1. The number of carboxylic acid groups (broad SMARTS) is 1. The molecule has 1 aromatic heterocycles. The van der Waals surface area contributed by atoms with Crippen LogP contribution < -0.4 is 10.1 Å². The molecule has 1 atom stereocenters. The number of carbonyl (C=O) groups is 1. The molecule has 30 heavy (non-hydrogen) atoms. The second-order valence-electron chi connectivity index (χ2n) is 7.71. The minimum Gasteiger partial charge on any atom is -0.489 e. The van der Waals surface area contributed by atoms with Gasteiger partial charge in [-0.15, -0.1) is 0 Å². The summed E-state index contributed by atoms with van der Waals surface area (Å²) in [4.78, 5) is 14.3. The Balaban J connectivity index is 1.29. The first kappa shape index (κ1) is 20.3. The number of rotatable bonds is 8. The van der Waals surface area contributed by atoms with E-state index in [1.807, 2.05) is 6.20 Å². The van der Waals surface area contributed by atoms with E-state index in [-0.39, 0.29) is 24.0 Å². The normalized spacial score (nSPS) is 15.7. The first-order valence-electron chi connectivity index (χ1n) is 10.1. The van der Waals surface area contributed by atoms with Crippen LogP contribution in [-0.2, 0) is 24.1 Å². The first-order chi connectivity index (χ1) is 14.5. The van der Waals surface area contributed by atoms with E-state index < -0.39 is 11.8 Å². The zero-order valence-electron chi connectivity index (χ0n) is 16.5. The number of hydrogen-bond donors (Lipinski definition) is 3. The Morgan fingerprint density at radius 1 is 1.20 bits per heavy atom. The van der Waals surface area contributed by atoms with Gasteiger partial charge in [0.1, 0.15) is 12.4 Å². The molecule has 0 aliphatic carbocycles. The molecule has 3 N–H and O–H groups in total. The first-order valence-corrected chi connectivity index (χ1v) is 10.1. The molecule has 2 heterocycles. The lowest BCUT2D eigenvalue weighted by Crippen LogP contribution is -2.40. The molecule has 0 amide bonds. The monoisotopic (exact) mass is 414 g/mol. The third-order valence-electron chi connectivity index (χ3n) is 5.57. The van der Waals surface area contributed by atoms with Gasteiger partial charge in [0.15, 0.2) is 11.6 Å². The molecular weight excluding hydrogens is 390 g/mol.